The maximum Gasteiger partial charge on any atom is 0.325 e. The molecular weight excluding hydrogens is 386 g/mol. The van der Waals surface area contributed by atoms with Crippen LogP contribution in [0.15, 0.2) is 36.4 Å². The second-order valence-electron chi connectivity index (χ2n) is 7.44. The van der Waals surface area contributed by atoms with Gasteiger partial charge in [-0.1, -0.05) is 12.1 Å². The number of aryl methyl sites for hydroxylation is 2. The number of hydrogen-bond acceptors (Lipinski definition) is 5. The van der Waals surface area contributed by atoms with Gasteiger partial charge in [-0.15, -0.1) is 0 Å². The van der Waals surface area contributed by atoms with Crippen LogP contribution in [0.4, 0.5) is 10.5 Å². The molecule has 1 atom stereocenters. The van der Waals surface area contributed by atoms with E-state index in [1.54, 1.807) is 25.1 Å². The number of carbonyl (C=O) groups is 3. The van der Waals surface area contributed by atoms with Gasteiger partial charge < -0.3 is 20.1 Å². The molecule has 0 unspecified atom stereocenters. The zero-order chi connectivity index (χ0) is 22.1. The van der Waals surface area contributed by atoms with Crippen molar-refractivity contribution in [2.45, 2.75) is 26.3 Å². The lowest BCUT2D eigenvalue weighted by Crippen LogP contribution is -2.42. The Kier molecular flexibility index (Phi) is 5.69. The van der Waals surface area contributed by atoms with Crippen molar-refractivity contribution in [1.82, 2.24) is 10.2 Å². The highest BCUT2D eigenvalue weighted by Crippen LogP contribution is 2.35. The second kappa shape index (κ2) is 8.06. The Balaban J connectivity index is 1.79. The molecule has 0 saturated carbocycles. The Morgan fingerprint density at radius 2 is 1.67 bits per heavy atom. The van der Waals surface area contributed by atoms with Gasteiger partial charge in [-0.3, -0.25) is 14.5 Å². The Bertz CT molecular complexity index is 1000. The van der Waals surface area contributed by atoms with E-state index in [-0.39, 0.29) is 6.54 Å². The standard InChI is InChI=1S/C22H25N3O5/c1-13-8-14(2)10-16(9-13)23-19(26)12-25-20(27)22(3,24-21(25)28)15-6-7-17(29-4)18(11-15)30-5/h6-11H,12H2,1-5H3,(H,23,26)(H,24,28)/t22-/m1/s1. The van der Waals surface area contributed by atoms with E-state index in [4.69, 9.17) is 9.47 Å². The van der Waals surface area contributed by atoms with Crippen LogP contribution < -0.4 is 20.1 Å². The molecule has 1 saturated heterocycles. The first-order valence-corrected chi connectivity index (χ1v) is 9.42. The molecule has 0 bridgehead atoms. The van der Waals surface area contributed by atoms with Gasteiger partial charge in [0.05, 0.1) is 14.2 Å². The second-order valence-corrected chi connectivity index (χ2v) is 7.44. The Labute approximate surface area is 175 Å². The smallest absolute Gasteiger partial charge is 0.325 e. The number of carbonyl (C=O) groups excluding carboxylic acids is 3. The largest absolute Gasteiger partial charge is 0.493 e. The number of anilines is 1. The van der Waals surface area contributed by atoms with Crippen LogP contribution in [0.1, 0.15) is 23.6 Å². The van der Waals surface area contributed by atoms with Crippen molar-refractivity contribution in [3.05, 3.63) is 53.1 Å². The molecule has 0 aliphatic carbocycles. The minimum Gasteiger partial charge on any atom is -0.493 e. The van der Waals surface area contributed by atoms with Crippen LogP contribution in [-0.4, -0.2) is 43.5 Å². The summed E-state index contributed by atoms with van der Waals surface area (Å²) in [6.07, 6.45) is 0. The summed E-state index contributed by atoms with van der Waals surface area (Å²) in [4.78, 5) is 39.0. The first kappa shape index (κ1) is 21.2. The van der Waals surface area contributed by atoms with Crippen molar-refractivity contribution in [3.8, 4) is 11.5 Å². The topological polar surface area (TPSA) is 97.0 Å². The SMILES string of the molecule is COc1ccc([C@@]2(C)NC(=O)N(CC(=O)Nc3cc(C)cc(C)c3)C2=O)cc1OC. The summed E-state index contributed by atoms with van der Waals surface area (Å²) in [6, 6.07) is 9.98. The summed E-state index contributed by atoms with van der Waals surface area (Å²) in [5, 5.41) is 5.43. The van der Waals surface area contributed by atoms with Crippen LogP contribution in [-0.2, 0) is 15.1 Å². The lowest BCUT2D eigenvalue weighted by Gasteiger charge is -2.23. The maximum absolute atomic E-state index is 13.1. The molecule has 0 radical (unpaired) electrons. The van der Waals surface area contributed by atoms with Gasteiger partial charge in [0.1, 0.15) is 12.1 Å². The molecule has 0 spiro atoms. The molecule has 2 aromatic carbocycles. The normalized spacial score (nSPS) is 18.2. The molecule has 1 heterocycles. The number of urea groups is 1. The minimum atomic E-state index is -1.32. The average Bonchev–Trinajstić information content (AvgIpc) is 2.90. The number of imide groups is 1. The summed E-state index contributed by atoms with van der Waals surface area (Å²) < 4.78 is 10.5. The number of methoxy groups -OCH3 is 2. The molecule has 3 rings (SSSR count). The fourth-order valence-electron chi connectivity index (χ4n) is 3.57. The van der Waals surface area contributed by atoms with Crippen molar-refractivity contribution in [1.29, 1.82) is 0 Å². The van der Waals surface area contributed by atoms with Crippen LogP contribution in [0, 0.1) is 13.8 Å². The zero-order valence-corrected chi connectivity index (χ0v) is 17.7. The molecule has 8 heteroatoms. The highest BCUT2D eigenvalue weighted by Gasteiger charge is 2.49. The third-order valence-corrected chi connectivity index (χ3v) is 5.04. The molecule has 1 aliphatic rings. The number of benzene rings is 2. The van der Waals surface area contributed by atoms with Crippen molar-refractivity contribution in [2.24, 2.45) is 0 Å². The minimum absolute atomic E-state index is 0.388. The Hall–Kier alpha value is -3.55. The first-order valence-electron chi connectivity index (χ1n) is 9.42. The molecule has 30 heavy (non-hydrogen) atoms. The molecule has 158 valence electrons. The molecule has 1 aliphatic heterocycles. The van der Waals surface area contributed by atoms with E-state index in [0.29, 0.717) is 22.7 Å². The maximum atomic E-state index is 13.1. The molecule has 2 N–H and O–H groups in total. The Morgan fingerprint density at radius 1 is 1.03 bits per heavy atom. The summed E-state index contributed by atoms with van der Waals surface area (Å²) in [5.74, 6) is -0.0362. The summed E-state index contributed by atoms with van der Waals surface area (Å²) >= 11 is 0. The van der Waals surface area contributed by atoms with E-state index in [1.165, 1.54) is 14.2 Å². The van der Waals surface area contributed by atoms with Gasteiger partial charge in [-0.2, -0.15) is 0 Å². The third-order valence-electron chi connectivity index (χ3n) is 5.04. The third kappa shape index (κ3) is 3.94. The number of nitrogens with zero attached hydrogens (tertiary/aromatic N) is 1. The molecule has 0 aromatic heterocycles. The van der Waals surface area contributed by atoms with E-state index >= 15 is 0 Å². The summed E-state index contributed by atoms with van der Waals surface area (Å²) in [6.45, 7) is 5.06. The number of amides is 4. The molecular formula is C22H25N3O5. The highest BCUT2D eigenvalue weighted by atomic mass is 16.5. The first-order chi connectivity index (χ1) is 14.2. The van der Waals surface area contributed by atoms with Crippen molar-refractivity contribution in [2.75, 3.05) is 26.1 Å². The summed E-state index contributed by atoms with van der Waals surface area (Å²) in [5.41, 5.74) is 1.82. The van der Waals surface area contributed by atoms with Gasteiger partial charge in [0.15, 0.2) is 11.5 Å². The fraction of sp³-hybridized carbons (Fsp3) is 0.318. The monoisotopic (exact) mass is 411 g/mol. The highest BCUT2D eigenvalue weighted by molar-refractivity contribution is 6.10. The lowest BCUT2D eigenvalue weighted by atomic mass is 9.91. The van der Waals surface area contributed by atoms with Gasteiger partial charge in [-0.05, 0) is 61.7 Å². The molecule has 1 fully saturated rings. The number of ether oxygens (including phenoxy) is 2. The predicted molar refractivity (Wildman–Crippen MR) is 112 cm³/mol. The van der Waals surface area contributed by atoms with E-state index < -0.39 is 23.4 Å². The average molecular weight is 411 g/mol. The molecule has 8 nitrogen and oxygen atoms in total. The number of rotatable bonds is 6. The van der Waals surface area contributed by atoms with Crippen molar-refractivity contribution in [3.63, 3.8) is 0 Å². The van der Waals surface area contributed by atoms with Crippen LogP contribution in [0.2, 0.25) is 0 Å². The van der Waals surface area contributed by atoms with E-state index in [9.17, 15) is 14.4 Å². The van der Waals surface area contributed by atoms with Crippen LogP contribution >= 0.6 is 0 Å². The molecule has 4 amide bonds. The van der Waals surface area contributed by atoms with E-state index in [2.05, 4.69) is 10.6 Å². The van der Waals surface area contributed by atoms with Crippen LogP contribution in [0.3, 0.4) is 0 Å². The lowest BCUT2D eigenvalue weighted by molar-refractivity contribution is -0.133. The summed E-state index contributed by atoms with van der Waals surface area (Å²) in [7, 11) is 3.00. The van der Waals surface area contributed by atoms with E-state index in [1.807, 2.05) is 32.0 Å². The quantitative estimate of drug-likeness (QED) is 0.713. The van der Waals surface area contributed by atoms with Gasteiger partial charge in [0, 0.05) is 5.69 Å². The molecule has 2 aromatic rings. The van der Waals surface area contributed by atoms with Crippen LogP contribution in [0.25, 0.3) is 0 Å². The van der Waals surface area contributed by atoms with Crippen molar-refractivity contribution >= 4 is 23.5 Å². The van der Waals surface area contributed by atoms with Gasteiger partial charge in [0.25, 0.3) is 5.91 Å². The van der Waals surface area contributed by atoms with Gasteiger partial charge in [0.2, 0.25) is 5.91 Å². The van der Waals surface area contributed by atoms with Crippen LogP contribution in [0.5, 0.6) is 11.5 Å². The number of nitrogens with one attached hydrogen (secondary N) is 2. The fourth-order valence-corrected chi connectivity index (χ4v) is 3.57. The van der Waals surface area contributed by atoms with Gasteiger partial charge >= 0.3 is 6.03 Å². The Morgan fingerprint density at radius 3 is 2.27 bits per heavy atom. The number of hydrogen-bond donors (Lipinski definition) is 2. The van der Waals surface area contributed by atoms with Gasteiger partial charge in [-0.25, -0.2) is 4.79 Å². The van der Waals surface area contributed by atoms with Crippen molar-refractivity contribution < 1.29 is 23.9 Å². The predicted octanol–water partition coefficient (Wildman–Crippen LogP) is 2.73. The zero-order valence-electron chi connectivity index (χ0n) is 17.7. The van der Waals surface area contributed by atoms with E-state index in [0.717, 1.165) is 16.0 Å².